The van der Waals surface area contributed by atoms with Gasteiger partial charge in [-0.15, -0.1) is 0 Å². The molecule has 0 aliphatic heterocycles. The van der Waals surface area contributed by atoms with Gasteiger partial charge in [0.05, 0.1) is 11.1 Å². The highest BCUT2D eigenvalue weighted by molar-refractivity contribution is 5.97. The lowest BCUT2D eigenvalue weighted by atomic mass is 10.0. The van der Waals surface area contributed by atoms with Gasteiger partial charge >= 0.3 is 12.4 Å². The molecule has 3 nitrogen and oxygen atoms in total. The van der Waals surface area contributed by atoms with Crippen molar-refractivity contribution in [3.8, 4) is 0 Å². The van der Waals surface area contributed by atoms with Crippen LogP contribution in [0.1, 0.15) is 28.3 Å². The van der Waals surface area contributed by atoms with Crippen LogP contribution in [0.4, 0.5) is 32.0 Å². The number of rotatable bonds is 6. The van der Waals surface area contributed by atoms with Crippen LogP contribution >= 0.6 is 0 Å². The van der Waals surface area contributed by atoms with Crippen LogP contribution in [0.25, 0.3) is 0 Å². The van der Waals surface area contributed by atoms with Crippen molar-refractivity contribution < 1.29 is 31.1 Å². The Morgan fingerprint density at radius 1 is 0.788 bits per heavy atom. The zero-order valence-electron chi connectivity index (χ0n) is 17.2. The van der Waals surface area contributed by atoms with Crippen molar-refractivity contribution in [3.63, 3.8) is 0 Å². The molecule has 0 aliphatic carbocycles. The lowest BCUT2D eigenvalue weighted by Crippen LogP contribution is -2.40. The minimum absolute atomic E-state index is 0.00637. The van der Waals surface area contributed by atoms with Crippen LogP contribution in [0.3, 0.4) is 0 Å². The molecule has 3 aromatic carbocycles. The van der Waals surface area contributed by atoms with Crippen LogP contribution < -0.4 is 10.6 Å². The molecule has 3 aromatic rings. The molecule has 3 rings (SSSR count). The maximum atomic E-state index is 13.2. The summed E-state index contributed by atoms with van der Waals surface area (Å²) in [5, 5.41) is 0. The minimum atomic E-state index is -4.61. The quantitative estimate of drug-likeness (QED) is 0.453. The Bertz CT molecular complexity index is 1080. The number of amides is 1. The second-order valence-electron chi connectivity index (χ2n) is 7.37. The van der Waals surface area contributed by atoms with E-state index in [9.17, 15) is 31.1 Å². The van der Waals surface area contributed by atoms with Gasteiger partial charge in [-0.25, -0.2) is 0 Å². The van der Waals surface area contributed by atoms with Gasteiger partial charge in [-0.3, -0.25) is 4.79 Å². The van der Waals surface area contributed by atoms with Crippen molar-refractivity contribution >= 4 is 11.6 Å². The molecule has 1 unspecified atom stereocenters. The predicted molar refractivity (Wildman–Crippen MR) is 112 cm³/mol. The highest BCUT2D eigenvalue weighted by Gasteiger charge is 2.32. The molecule has 2 N–H and O–H groups in total. The van der Waals surface area contributed by atoms with Gasteiger partial charge in [0.1, 0.15) is 6.04 Å². The van der Waals surface area contributed by atoms with E-state index in [1.807, 2.05) is 0 Å². The topological polar surface area (TPSA) is 46.3 Å². The fourth-order valence-corrected chi connectivity index (χ4v) is 3.29. The van der Waals surface area contributed by atoms with Crippen molar-refractivity contribution in [2.24, 2.45) is 5.73 Å². The summed E-state index contributed by atoms with van der Waals surface area (Å²) in [6.45, 7) is -0.0773. The second kappa shape index (κ2) is 9.66. The number of hydrogen-bond acceptors (Lipinski definition) is 2. The van der Waals surface area contributed by atoms with E-state index in [4.69, 9.17) is 5.73 Å². The number of anilines is 1. The number of alkyl halides is 6. The lowest BCUT2D eigenvalue weighted by Gasteiger charge is -2.27. The van der Waals surface area contributed by atoms with Crippen molar-refractivity contribution in [1.82, 2.24) is 0 Å². The predicted octanol–water partition coefficient (Wildman–Crippen LogP) is 6.00. The first kappa shape index (κ1) is 24.3. The first-order valence-electron chi connectivity index (χ1n) is 9.92. The van der Waals surface area contributed by atoms with Gasteiger partial charge in [-0.1, -0.05) is 48.5 Å². The summed E-state index contributed by atoms with van der Waals surface area (Å²) in [4.78, 5) is 14.3. The average Bonchev–Trinajstić information content (AvgIpc) is 2.78. The highest BCUT2D eigenvalue weighted by atomic mass is 19.4. The maximum absolute atomic E-state index is 13.2. The van der Waals surface area contributed by atoms with E-state index >= 15 is 0 Å². The summed E-state index contributed by atoms with van der Waals surface area (Å²) in [6, 6.07) is 15.9. The average molecular weight is 466 g/mol. The van der Waals surface area contributed by atoms with E-state index in [0.29, 0.717) is 11.1 Å². The van der Waals surface area contributed by atoms with E-state index in [2.05, 4.69) is 0 Å². The largest absolute Gasteiger partial charge is 0.416 e. The molecular weight excluding hydrogens is 446 g/mol. The molecule has 33 heavy (non-hydrogen) atoms. The molecule has 0 aliphatic rings. The van der Waals surface area contributed by atoms with E-state index in [-0.39, 0.29) is 18.7 Å². The minimum Gasteiger partial charge on any atom is -0.316 e. The fraction of sp³-hybridized carbons (Fsp3) is 0.208. The number of benzene rings is 3. The number of carbonyl (C=O) groups is 1. The zero-order valence-corrected chi connectivity index (χ0v) is 17.2. The molecule has 0 saturated carbocycles. The standard InChI is InChI=1S/C24H20F6N2O/c25-23(26,27)18-11-9-16(10-12-18)13-14-32(20-8-4-7-19(15-20)24(28,29)30)22(33)21(31)17-5-2-1-3-6-17/h1-12,15,21H,13-14,31H2. The second-order valence-corrected chi connectivity index (χ2v) is 7.37. The Morgan fingerprint density at radius 3 is 1.97 bits per heavy atom. The van der Waals surface area contributed by atoms with Gasteiger partial charge in [0.15, 0.2) is 0 Å². The number of hydrogen-bond donors (Lipinski definition) is 1. The summed E-state index contributed by atoms with van der Waals surface area (Å²) in [5.41, 5.74) is 5.31. The number of nitrogens with zero attached hydrogens (tertiary/aromatic N) is 1. The zero-order chi connectivity index (χ0) is 24.2. The normalized spacial score (nSPS) is 12.9. The molecule has 0 saturated heterocycles. The van der Waals surface area contributed by atoms with Gasteiger partial charge in [-0.05, 0) is 47.9 Å². The maximum Gasteiger partial charge on any atom is 0.416 e. The molecule has 9 heteroatoms. The van der Waals surface area contributed by atoms with Crippen LogP contribution in [-0.4, -0.2) is 12.5 Å². The van der Waals surface area contributed by atoms with E-state index in [0.717, 1.165) is 29.2 Å². The lowest BCUT2D eigenvalue weighted by molar-refractivity contribution is -0.138. The van der Waals surface area contributed by atoms with Crippen LogP contribution in [0.15, 0.2) is 78.9 Å². The first-order valence-corrected chi connectivity index (χ1v) is 9.92. The van der Waals surface area contributed by atoms with Crippen molar-refractivity contribution in [1.29, 1.82) is 0 Å². The summed E-state index contributed by atoms with van der Waals surface area (Å²) in [7, 11) is 0. The summed E-state index contributed by atoms with van der Waals surface area (Å²) in [5.74, 6) is -0.632. The fourth-order valence-electron chi connectivity index (χ4n) is 3.29. The Hall–Kier alpha value is -3.33. The van der Waals surface area contributed by atoms with E-state index < -0.39 is 35.4 Å². The number of nitrogens with two attached hydrogens (primary N) is 1. The molecule has 0 heterocycles. The molecule has 174 valence electrons. The number of carbonyl (C=O) groups excluding carboxylic acids is 1. The van der Waals surface area contributed by atoms with Crippen LogP contribution in [0.5, 0.6) is 0 Å². The van der Waals surface area contributed by atoms with Gasteiger partial charge in [0, 0.05) is 12.2 Å². The van der Waals surface area contributed by atoms with Gasteiger partial charge in [0.25, 0.3) is 0 Å². The molecule has 1 amide bonds. The van der Waals surface area contributed by atoms with Crippen molar-refractivity contribution in [2.75, 3.05) is 11.4 Å². The van der Waals surface area contributed by atoms with Gasteiger partial charge in [-0.2, -0.15) is 26.3 Å². The van der Waals surface area contributed by atoms with Crippen molar-refractivity contribution in [2.45, 2.75) is 24.8 Å². The van der Waals surface area contributed by atoms with Crippen molar-refractivity contribution in [3.05, 3.63) is 101 Å². The molecule has 1 atom stereocenters. The van der Waals surface area contributed by atoms with Crippen LogP contribution in [0.2, 0.25) is 0 Å². The van der Waals surface area contributed by atoms with E-state index in [1.165, 1.54) is 24.3 Å². The Balaban J connectivity index is 1.89. The first-order chi connectivity index (χ1) is 15.5. The Kier molecular flexibility index (Phi) is 7.12. The third kappa shape index (κ3) is 6.13. The Labute approximate surface area is 186 Å². The molecule has 0 bridgehead atoms. The molecule has 0 fully saturated rings. The van der Waals surface area contributed by atoms with Gasteiger partial charge in [0.2, 0.25) is 5.91 Å². The summed E-state index contributed by atoms with van der Waals surface area (Å²) in [6.07, 6.45) is -8.98. The van der Waals surface area contributed by atoms with Crippen LogP contribution in [-0.2, 0) is 23.6 Å². The molecule has 0 spiro atoms. The molecular formula is C24H20F6N2O. The number of halogens is 6. The smallest absolute Gasteiger partial charge is 0.316 e. The molecule has 0 radical (unpaired) electrons. The van der Waals surface area contributed by atoms with E-state index in [1.54, 1.807) is 30.3 Å². The summed E-state index contributed by atoms with van der Waals surface area (Å²) < 4.78 is 78.0. The Morgan fingerprint density at radius 2 is 1.39 bits per heavy atom. The highest BCUT2D eigenvalue weighted by Crippen LogP contribution is 2.33. The third-order valence-electron chi connectivity index (χ3n) is 5.08. The SMILES string of the molecule is NC(C(=O)N(CCc1ccc(C(F)(F)F)cc1)c1cccc(C(F)(F)F)c1)c1ccccc1. The monoisotopic (exact) mass is 466 g/mol. The van der Waals surface area contributed by atoms with Gasteiger partial charge < -0.3 is 10.6 Å². The molecule has 0 aromatic heterocycles. The summed E-state index contributed by atoms with van der Waals surface area (Å²) >= 11 is 0. The third-order valence-corrected chi connectivity index (χ3v) is 5.08. The van der Waals surface area contributed by atoms with Crippen LogP contribution in [0, 0.1) is 0 Å².